The van der Waals surface area contributed by atoms with Crippen LogP contribution in [-0.4, -0.2) is 69.7 Å². The molecule has 1 atom stereocenters. The highest BCUT2D eigenvalue weighted by Gasteiger charge is 2.27. The molecule has 0 spiro atoms. The Labute approximate surface area is 170 Å². The lowest BCUT2D eigenvalue weighted by molar-refractivity contribution is 0.00216. The van der Waals surface area contributed by atoms with Gasteiger partial charge >= 0.3 is 0 Å². The third-order valence-corrected chi connectivity index (χ3v) is 5.62. The summed E-state index contributed by atoms with van der Waals surface area (Å²) in [5.74, 6) is 1.71. The van der Waals surface area contributed by atoms with Gasteiger partial charge in [-0.3, -0.25) is 9.48 Å². The summed E-state index contributed by atoms with van der Waals surface area (Å²) in [4.78, 5) is 19.2. The molecule has 4 rings (SSSR count). The van der Waals surface area contributed by atoms with Crippen molar-refractivity contribution in [3.63, 3.8) is 0 Å². The number of carbonyl (C=O) groups is 1. The summed E-state index contributed by atoms with van der Waals surface area (Å²) in [5.41, 5.74) is 1.47. The van der Waals surface area contributed by atoms with Gasteiger partial charge in [0.2, 0.25) is 5.89 Å². The maximum atomic E-state index is 12.8. The van der Waals surface area contributed by atoms with Crippen LogP contribution < -0.4 is 0 Å². The molecule has 1 amide bonds. The maximum Gasteiger partial charge on any atom is 0.272 e. The molecule has 0 N–H and O–H groups in total. The molecule has 0 radical (unpaired) electrons. The summed E-state index contributed by atoms with van der Waals surface area (Å²) in [6.07, 6.45) is 4.39. The van der Waals surface area contributed by atoms with E-state index in [1.165, 1.54) is 0 Å². The van der Waals surface area contributed by atoms with Crippen molar-refractivity contribution in [3.05, 3.63) is 29.2 Å². The van der Waals surface area contributed by atoms with Crippen LogP contribution in [0.15, 0.2) is 10.6 Å². The van der Waals surface area contributed by atoms with Crippen molar-refractivity contribution in [1.29, 1.82) is 0 Å². The number of amides is 1. The number of piperidine rings is 1. The second kappa shape index (κ2) is 9.04. The fourth-order valence-electron chi connectivity index (χ4n) is 4.03. The first-order chi connectivity index (χ1) is 14.1. The molecule has 4 heterocycles. The Hall–Kier alpha value is -2.26. The fraction of sp³-hybridized carbons (Fsp3) is 0.700. The van der Waals surface area contributed by atoms with Crippen LogP contribution in [0.25, 0.3) is 0 Å². The Balaban J connectivity index is 1.25. The number of carbonyl (C=O) groups excluding carboxylic acids is 1. The molecule has 2 aromatic rings. The summed E-state index contributed by atoms with van der Waals surface area (Å²) in [6.45, 7) is 5.26. The summed E-state index contributed by atoms with van der Waals surface area (Å²) < 4.78 is 18.5. The van der Waals surface area contributed by atoms with Crippen molar-refractivity contribution in [2.45, 2.75) is 51.0 Å². The minimum atomic E-state index is 0.0145. The molecule has 2 aliphatic heterocycles. The van der Waals surface area contributed by atoms with E-state index in [-0.39, 0.29) is 12.0 Å². The SMILES string of the molecule is Cc1cc(C(=O)N2CCCC(OCCc3noc(C4CCOCC4)n3)C2)n(C)n1. The molecular formula is C20H29N5O4. The van der Waals surface area contributed by atoms with Gasteiger partial charge in [-0.2, -0.15) is 10.1 Å². The van der Waals surface area contributed by atoms with Crippen LogP contribution in [0.4, 0.5) is 0 Å². The van der Waals surface area contributed by atoms with Crippen molar-refractivity contribution < 1.29 is 18.8 Å². The standard InChI is InChI=1S/C20H29N5O4/c1-14-12-17(24(2)22-14)20(26)25-8-3-4-16(13-25)28-11-7-18-21-19(29-23-18)15-5-9-27-10-6-15/h12,15-16H,3-11,13H2,1-2H3. The summed E-state index contributed by atoms with van der Waals surface area (Å²) in [5, 5.41) is 8.36. The van der Waals surface area contributed by atoms with Crippen LogP contribution in [0.1, 0.15) is 59.5 Å². The van der Waals surface area contributed by atoms with E-state index in [1.807, 2.05) is 17.9 Å². The third-order valence-electron chi connectivity index (χ3n) is 5.62. The van der Waals surface area contributed by atoms with E-state index >= 15 is 0 Å². The van der Waals surface area contributed by atoms with Gasteiger partial charge in [0.25, 0.3) is 5.91 Å². The quantitative estimate of drug-likeness (QED) is 0.726. The largest absolute Gasteiger partial charge is 0.381 e. The van der Waals surface area contributed by atoms with Crippen molar-refractivity contribution in [1.82, 2.24) is 24.8 Å². The van der Waals surface area contributed by atoms with Gasteiger partial charge < -0.3 is 18.9 Å². The van der Waals surface area contributed by atoms with Gasteiger partial charge in [0.1, 0.15) is 5.69 Å². The number of rotatable bonds is 6. The van der Waals surface area contributed by atoms with Crippen molar-refractivity contribution in [3.8, 4) is 0 Å². The van der Waals surface area contributed by atoms with Crippen LogP contribution in [0, 0.1) is 6.92 Å². The van der Waals surface area contributed by atoms with E-state index < -0.39 is 0 Å². The van der Waals surface area contributed by atoms with E-state index in [2.05, 4.69) is 15.2 Å². The van der Waals surface area contributed by atoms with Gasteiger partial charge in [-0.1, -0.05) is 5.16 Å². The van der Waals surface area contributed by atoms with E-state index in [0.717, 1.165) is 51.1 Å². The summed E-state index contributed by atoms with van der Waals surface area (Å²) in [7, 11) is 1.80. The lowest BCUT2D eigenvalue weighted by Gasteiger charge is -2.32. The molecule has 2 fully saturated rings. The van der Waals surface area contributed by atoms with Crippen LogP contribution >= 0.6 is 0 Å². The zero-order valence-corrected chi connectivity index (χ0v) is 17.2. The van der Waals surface area contributed by atoms with E-state index in [1.54, 1.807) is 11.7 Å². The first kappa shape index (κ1) is 20.0. The Morgan fingerprint density at radius 2 is 2.14 bits per heavy atom. The predicted octanol–water partition coefficient (Wildman–Crippen LogP) is 1.87. The molecule has 9 heteroatoms. The van der Waals surface area contributed by atoms with E-state index in [4.69, 9.17) is 14.0 Å². The molecule has 0 bridgehead atoms. The van der Waals surface area contributed by atoms with Crippen LogP contribution in [0.3, 0.4) is 0 Å². The molecule has 2 saturated heterocycles. The number of hydrogen-bond acceptors (Lipinski definition) is 7. The molecule has 9 nitrogen and oxygen atoms in total. The Kier molecular flexibility index (Phi) is 6.25. The molecule has 0 saturated carbocycles. The van der Waals surface area contributed by atoms with Gasteiger partial charge in [0, 0.05) is 45.7 Å². The monoisotopic (exact) mass is 403 g/mol. The van der Waals surface area contributed by atoms with Crippen LogP contribution in [0.2, 0.25) is 0 Å². The summed E-state index contributed by atoms with van der Waals surface area (Å²) in [6, 6.07) is 1.83. The first-order valence-electron chi connectivity index (χ1n) is 10.4. The van der Waals surface area contributed by atoms with Gasteiger partial charge in [0.15, 0.2) is 5.82 Å². The average Bonchev–Trinajstić information content (AvgIpc) is 3.34. The highest BCUT2D eigenvalue weighted by molar-refractivity contribution is 5.92. The van der Waals surface area contributed by atoms with Gasteiger partial charge in [0.05, 0.1) is 18.4 Å². The third kappa shape index (κ3) is 4.84. The number of hydrogen-bond donors (Lipinski definition) is 0. The smallest absolute Gasteiger partial charge is 0.272 e. The minimum Gasteiger partial charge on any atom is -0.381 e. The number of aromatic nitrogens is 4. The molecule has 0 aromatic carbocycles. The predicted molar refractivity (Wildman–Crippen MR) is 104 cm³/mol. The van der Waals surface area contributed by atoms with Crippen molar-refractivity contribution in [2.24, 2.45) is 7.05 Å². The number of aryl methyl sites for hydroxylation is 2. The van der Waals surface area contributed by atoms with E-state index in [9.17, 15) is 4.79 Å². The molecule has 0 aliphatic carbocycles. The Bertz CT molecular complexity index is 827. The Morgan fingerprint density at radius 3 is 2.90 bits per heavy atom. The molecular weight excluding hydrogens is 374 g/mol. The van der Waals surface area contributed by atoms with Gasteiger partial charge in [-0.25, -0.2) is 0 Å². The zero-order valence-electron chi connectivity index (χ0n) is 17.2. The normalized spacial score (nSPS) is 20.9. The molecule has 158 valence electrons. The molecule has 29 heavy (non-hydrogen) atoms. The minimum absolute atomic E-state index is 0.0145. The lowest BCUT2D eigenvalue weighted by Crippen LogP contribution is -2.44. The van der Waals surface area contributed by atoms with Crippen molar-refractivity contribution >= 4 is 5.91 Å². The second-order valence-electron chi connectivity index (χ2n) is 7.87. The fourth-order valence-corrected chi connectivity index (χ4v) is 4.03. The second-order valence-corrected chi connectivity index (χ2v) is 7.87. The maximum absolute atomic E-state index is 12.8. The highest BCUT2D eigenvalue weighted by atomic mass is 16.5. The van der Waals surface area contributed by atoms with E-state index in [0.29, 0.717) is 42.9 Å². The van der Waals surface area contributed by atoms with Crippen LogP contribution in [0.5, 0.6) is 0 Å². The van der Waals surface area contributed by atoms with Gasteiger partial charge in [-0.15, -0.1) is 0 Å². The van der Waals surface area contributed by atoms with Gasteiger partial charge in [-0.05, 0) is 38.7 Å². The molecule has 1 unspecified atom stereocenters. The number of ether oxygens (including phenoxy) is 2. The first-order valence-corrected chi connectivity index (χ1v) is 10.4. The average molecular weight is 403 g/mol. The lowest BCUT2D eigenvalue weighted by atomic mass is 10.0. The zero-order chi connectivity index (χ0) is 20.2. The Morgan fingerprint density at radius 1 is 1.31 bits per heavy atom. The molecule has 2 aliphatic rings. The summed E-state index contributed by atoms with van der Waals surface area (Å²) >= 11 is 0. The number of nitrogens with zero attached hydrogens (tertiary/aromatic N) is 5. The molecule has 2 aromatic heterocycles. The number of likely N-dealkylation sites (tertiary alicyclic amines) is 1. The highest BCUT2D eigenvalue weighted by Crippen LogP contribution is 2.25. The van der Waals surface area contributed by atoms with Crippen LogP contribution in [-0.2, 0) is 22.9 Å². The topological polar surface area (TPSA) is 95.5 Å². The van der Waals surface area contributed by atoms with Crippen molar-refractivity contribution in [2.75, 3.05) is 32.9 Å².